The topological polar surface area (TPSA) is 106 Å². The summed E-state index contributed by atoms with van der Waals surface area (Å²) in [6, 6.07) is 11.6. The highest BCUT2D eigenvalue weighted by Crippen LogP contribution is 2.40. The van der Waals surface area contributed by atoms with Gasteiger partial charge in [-0.25, -0.2) is 19.3 Å². The number of carbonyl (C=O) groups excluding carboxylic acids is 4. The molecule has 1 aliphatic rings. The fraction of sp³-hybridized carbons (Fsp3) is 0.588. The molecule has 2 heterocycles. The maximum Gasteiger partial charge on any atom is 0.417 e. The summed E-state index contributed by atoms with van der Waals surface area (Å²) in [7, 11) is 2.97. The standard InChI is InChI=1S/C34H49N3O7S2/c1-23(37(32(41)42-9)29(38)14-10-12-26-13-11-19-45-26)46-27-20-28(36(22-27)31(40)44-34(5,6)7)25-17-15-24(16-18-25)21-35(8)30(39)43-33(2,3)4/h11,13,15-19,23,27-28H,10,12,14,20-22H2,1-9H3/t23-,27-,28-/m0/s1. The number of rotatable bonds is 10. The van der Waals surface area contributed by atoms with Gasteiger partial charge in [-0.3, -0.25) is 4.79 Å². The lowest BCUT2D eigenvalue weighted by Gasteiger charge is -2.29. The lowest BCUT2D eigenvalue weighted by Crippen LogP contribution is -2.43. The summed E-state index contributed by atoms with van der Waals surface area (Å²) in [5.41, 5.74) is 0.595. The van der Waals surface area contributed by atoms with Crippen molar-refractivity contribution in [1.82, 2.24) is 14.7 Å². The smallest absolute Gasteiger partial charge is 0.417 e. The zero-order valence-corrected chi connectivity index (χ0v) is 30.2. The Morgan fingerprint density at radius 2 is 1.65 bits per heavy atom. The van der Waals surface area contributed by atoms with Gasteiger partial charge in [0, 0.05) is 36.7 Å². The van der Waals surface area contributed by atoms with Crippen molar-refractivity contribution in [2.75, 3.05) is 20.7 Å². The van der Waals surface area contributed by atoms with E-state index in [0.717, 1.165) is 17.5 Å². The molecular formula is C34H49N3O7S2. The Kier molecular flexibility index (Phi) is 13.0. The average Bonchev–Trinajstić information content (AvgIpc) is 3.62. The summed E-state index contributed by atoms with van der Waals surface area (Å²) < 4.78 is 16.2. The van der Waals surface area contributed by atoms with E-state index in [9.17, 15) is 19.2 Å². The van der Waals surface area contributed by atoms with Gasteiger partial charge in [0.15, 0.2) is 0 Å². The average molecular weight is 676 g/mol. The summed E-state index contributed by atoms with van der Waals surface area (Å²) in [5.74, 6) is -0.283. The van der Waals surface area contributed by atoms with Crippen molar-refractivity contribution >= 4 is 47.3 Å². The fourth-order valence-corrected chi connectivity index (χ4v) is 7.31. The Hall–Kier alpha value is -3.25. The zero-order valence-electron chi connectivity index (χ0n) is 28.5. The van der Waals surface area contributed by atoms with Crippen molar-refractivity contribution in [3.05, 3.63) is 57.8 Å². The van der Waals surface area contributed by atoms with Crippen LogP contribution in [0.2, 0.25) is 0 Å². The molecule has 254 valence electrons. The number of benzene rings is 1. The number of hydrogen-bond acceptors (Lipinski definition) is 9. The highest BCUT2D eigenvalue weighted by molar-refractivity contribution is 8.00. The molecular weight excluding hydrogens is 627 g/mol. The van der Waals surface area contributed by atoms with Gasteiger partial charge in [0.1, 0.15) is 11.2 Å². The first kappa shape index (κ1) is 37.2. The van der Waals surface area contributed by atoms with E-state index < -0.39 is 34.9 Å². The molecule has 10 nitrogen and oxygen atoms in total. The molecule has 46 heavy (non-hydrogen) atoms. The molecule has 0 unspecified atom stereocenters. The third kappa shape index (κ3) is 11.2. The van der Waals surface area contributed by atoms with Crippen LogP contribution in [-0.2, 0) is 32.0 Å². The van der Waals surface area contributed by atoms with Crippen LogP contribution in [0.5, 0.6) is 0 Å². The van der Waals surface area contributed by atoms with Crippen LogP contribution in [0, 0.1) is 0 Å². The number of thiophene rings is 1. The number of imide groups is 1. The van der Waals surface area contributed by atoms with Crippen LogP contribution in [0.3, 0.4) is 0 Å². The molecule has 0 spiro atoms. The van der Waals surface area contributed by atoms with Gasteiger partial charge in [-0.2, -0.15) is 0 Å². The number of carbonyl (C=O) groups is 4. The van der Waals surface area contributed by atoms with Gasteiger partial charge in [-0.1, -0.05) is 30.3 Å². The molecule has 1 aromatic carbocycles. The van der Waals surface area contributed by atoms with Crippen molar-refractivity contribution in [1.29, 1.82) is 0 Å². The normalized spacial score (nSPS) is 17.3. The van der Waals surface area contributed by atoms with Crippen LogP contribution in [0.15, 0.2) is 41.8 Å². The first-order chi connectivity index (χ1) is 21.5. The van der Waals surface area contributed by atoms with Gasteiger partial charge in [0.05, 0.1) is 18.5 Å². The van der Waals surface area contributed by atoms with E-state index in [1.807, 2.05) is 90.2 Å². The van der Waals surface area contributed by atoms with Crippen molar-refractivity contribution in [2.24, 2.45) is 0 Å². The van der Waals surface area contributed by atoms with Crippen molar-refractivity contribution in [3.63, 3.8) is 0 Å². The van der Waals surface area contributed by atoms with Crippen LogP contribution < -0.4 is 0 Å². The molecule has 3 atom stereocenters. The predicted octanol–water partition coefficient (Wildman–Crippen LogP) is 7.86. The van der Waals surface area contributed by atoms with Crippen LogP contribution >= 0.6 is 23.1 Å². The Morgan fingerprint density at radius 3 is 2.22 bits per heavy atom. The second-order valence-electron chi connectivity index (χ2n) is 13.5. The summed E-state index contributed by atoms with van der Waals surface area (Å²) >= 11 is 3.12. The van der Waals surface area contributed by atoms with Gasteiger partial charge in [0.25, 0.3) is 0 Å². The molecule has 1 aromatic heterocycles. The second-order valence-corrected chi connectivity index (χ2v) is 16.1. The Labute approximate surface area is 281 Å². The van der Waals surface area contributed by atoms with E-state index in [2.05, 4.69) is 0 Å². The van der Waals surface area contributed by atoms with E-state index in [-0.39, 0.29) is 23.6 Å². The molecule has 1 saturated heterocycles. The van der Waals surface area contributed by atoms with Crippen LogP contribution in [0.25, 0.3) is 0 Å². The lowest BCUT2D eigenvalue weighted by atomic mass is 10.0. The van der Waals surface area contributed by atoms with Crippen LogP contribution in [0.1, 0.15) is 89.8 Å². The maximum atomic E-state index is 13.4. The van der Waals surface area contributed by atoms with Gasteiger partial charge in [-0.15, -0.1) is 23.1 Å². The quantitative estimate of drug-likeness (QED) is 0.185. The number of aryl methyl sites for hydroxylation is 1. The number of likely N-dealkylation sites (tertiary alicyclic amines) is 1. The van der Waals surface area contributed by atoms with Crippen molar-refractivity contribution in [2.45, 2.75) is 109 Å². The molecule has 0 aliphatic carbocycles. The first-order valence-electron chi connectivity index (χ1n) is 15.6. The van der Waals surface area contributed by atoms with Crippen molar-refractivity contribution < 1.29 is 33.4 Å². The monoisotopic (exact) mass is 675 g/mol. The van der Waals surface area contributed by atoms with E-state index in [1.165, 1.54) is 33.5 Å². The summed E-state index contributed by atoms with van der Waals surface area (Å²) in [6.07, 6.45) is 0.719. The zero-order chi connectivity index (χ0) is 34.2. The molecule has 4 amide bonds. The molecule has 3 rings (SSSR count). The highest BCUT2D eigenvalue weighted by Gasteiger charge is 2.41. The summed E-state index contributed by atoms with van der Waals surface area (Å²) in [6.45, 7) is 13.6. The van der Waals surface area contributed by atoms with E-state index in [1.54, 1.807) is 23.3 Å². The number of ether oxygens (including phenoxy) is 3. The fourth-order valence-electron chi connectivity index (χ4n) is 5.14. The number of methoxy groups -OCH3 is 1. The molecule has 1 aliphatic heterocycles. The third-order valence-corrected chi connectivity index (χ3v) is 9.43. The lowest BCUT2D eigenvalue weighted by molar-refractivity contribution is -0.129. The second kappa shape index (κ2) is 16.0. The largest absolute Gasteiger partial charge is 0.452 e. The SMILES string of the molecule is COC(=O)N(C(=O)CCCc1cccs1)[C@H](C)S[C@H]1C[C@@H](c2ccc(CN(C)C(=O)OC(C)(C)C)cc2)N(C(=O)OC(C)(C)C)C1. The minimum atomic E-state index is -0.688. The molecule has 0 bridgehead atoms. The minimum absolute atomic E-state index is 0.0726. The predicted molar refractivity (Wildman–Crippen MR) is 182 cm³/mol. The molecule has 12 heteroatoms. The molecule has 2 aromatic rings. The molecule has 0 N–H and O–H groups in total. The van der Waals surface area contributed by atoms with E-state index >= 15 is 0 Å². The highest BCUT2D eigenvalue weighted by atomic mass is 32.2. The van der Waals surface area contributed by atoms with Crippen molar-refractivity contribution in [3.8, 4) is 0 Å². The van der Waals surface area contributed by atoms with Crippen LogP contribution in [0.4, 0.5) is 14.4 Å². The van der Waals surface area contributed by atoms with Gasteiger partial charge >= 0.3 is 18.3 Å². The summed E-state index contributed by atoms with van der Waals surface area (Å²) in [4.78, 5) is 57.4. The number of thioether (sulfide) groups is 1. The number of amides is 4. The van der Waals surface area contributed by atoms with Gasteiger partial charge in [-0.05, 0) is 90.3 Å². The molecule has 1 fully saturated rings. The van der Waals surface area contributed by atoms with E-state index in [4.69, 9.17) is 14.2 Å². The van der Waals surface area contributed by atoms with Gasteiger partial charge < -0.3 is 24.0 Å². The molecule has 0 saturated carbocycles. The molecule has 0 radical (unpaired) electrons. The maximum absolute atomic E-state index is 13.4. The third-order valence-electron chi connectivity index (χ3n) is 7.17. The first-order valence-corrected chi connectivity index (χ1v) is 17.4. The van der Waals surface area contributed by atoms with Crippen LogP contribution in [-0.4, -0.2) is 81.4 Å². The summed E-state index contributed by atoms with van der Waals surface area (Å²) in [5, 5.41) is 1.43. The van der Waals surface area contributed by atoms with Gasteiger partial charge in [0.2, 0.25) is 5.91 Å². The number of nitrogens with zero attached hydrogens (tertiary/aromatic N) is 3. The Bertz CT molecular complexity index is 1320. The Balaban J connectivity index is 1.73. The van der Waals surface area contributed by atoms with E-state index in [0.29, 0.717) is 25.9 Å². The number of hydrogen-bond donors (Lipinski definition) is 0. The Morgan fingerprint density at radius 1 is 1.00 bits per heavy atom. The minimum Gasteiger partial charge on any atom is -0.452 e.